The minimum absolute atomic E-state index is 0.138. The Morgan fingerprint density at radius 2 is 1.93 bits per heavy atom. The summed E-state index contributed by atoms with van der Waals surface area (Å²) >= 11 is 0. The van der Waals surface area contributed by atoms with Crippen LogP contribution in [0, 0.1) is 34.5 Å². The molecule has 5 nitrogen and oxygen atoms in total. The molecule has 166 valence electrons. The Bertz CT molecular complexity index is 643. The largest absolute Gasteiger partial charge is 0.461 e. The summed E-state index contributed by atoms with van der Waals surface area (Å²) in [6.07, 6.45) is 5.51. The Balaban J connectivity index is 1.77. The predicted molar refractivity (Wildman–Crippen MR) is 114 cm³/mol. The standard InChI is InChI=1S/C24H41NO4/c1-15-16(13-21(28)29-12-11-25(5)6)7-8-17-22(15)18(26)14-19-23(2,3)20(27)9-10-24(17,19)4/h13,15,17-20,22,26-27H,7-12,14H2,1-6H3/b16-13-/t15-,17-,18-,19-,20-,22-,24+/m0/s1. The number of likely N-dealkylation sites (N-methyl/N-ethyl adjacent to an activating group) is 1. The molecular formula is C24H41NO4. The maximum atomic E-state index is 12.3. The van der Waals surface area contributed by atoms with E-state index in [0.717, 1.165) is 44.2 Å². The normalized spacial score (nSPS) is 43.0. The van der Waals surface area contributed by atoms with Crippen molar-refractivity contribution in [2.45, 2.75) is 72.0 Å². The van der Waals surface area contributed by atoms with Gasteiger partial charge in [-0.1, -0.05) is 33.3 Å². The SMILES string of the molecule is C[C@H]1/C(=C\C(=O)OCCN(C)C)CC[C@H]2[C@H]1[C@@H](O)C[C@H]1C(C)(C)[C@@H](O)CC[C@]21C. The molecule has 3 aliphatic rings. The van der Waals surface area contributed by atoms with Crippen LogP contribution in [0.25, 0.3) is 0 Å². The molecule has 0 heterocycles. The van der Waals surface area contributed by atoms with Crippen LogP contribution < -0.4 is 0 Å². The van der Waals surface area contributed by atoms with Gasteiger partial charge in [0.15, 0.2) is 0 Å². The van der Waals surface area contributed by atoms with Gasteiger partial charge in [-0.3, -0.25) is 0 Å². The van der Waals surface area contributed by atoms with Gasteiger partial charge in [0, 0.05) is 12.6 Å². The highest BCUT2D eigenvalue weighted by molar-refractivity contribution is 5.83. The van der Waals surface area contributed by atoms with Crippen molar-refractivity contribution in [1.29, 1.82) is 0 Å². The number of hydrogen-bond donors (Lipinski definition) is 2. The second-order valence-electron chi connectivity index (χ2n) is 10.9. The second kappa shape index (κ2) is 8.32. The number of aliphatic hydroxyl groups is 2. The van der Waals surface area contributed by atoms with E-state index in [1.165, 1.54) is 0 Å². The van der Waals surface area contributed by atoms with E-state index < -0.39 is 0 Å². The van der Waals surface area contributed by atoms with Crippen LogP contribution in [0.15, 0.2) is 11.6 Å². The Kier molecular flexibility index (Phi) is 6.53. The highest BCUT2D eigenvalue weighted by Gasteiger charge is 2.60. The van der Waals surface area contributed by atoms with Crippen molar-refractivity contribution in [3.8, 4) is 0 Å². The minimum atomic E-state index is -0.383. The number of fused-ring (bicyclic) bond motifs is 3. The molecule has 0 aliphatic heterocycles. The zero-order valence-electron chi connectivity index (χ0n) is 19.1. The molecular weight excluding hydrogens is 366 g/mol. The van der Waals surface area contributed by atoms with E-state index in [9.17, 15) is 15.0 Å². The van der Waals surface area contributed by atoms with Crippen LogP contribution in [-0.4, -0.2) is 60.5 Å². The predicted octanol–water partition coefficient (Wildman–Crippen LogP) is 3.25. The van der Waals surface area contributed by atoms with E-state index in [0.29, 0.717) is 18.4 Å². The number of rotatable bonds is 4. The topological polar surface area (TPSA) is 70.0 Å². The van der Waals surface area contributed by atoms with Crippen molar-refractivity contribution in [2.24, 2.45) is 34.5 Å². The monoisotopic (exact) mass is 407 g/mol. The van der Waals surface area contributed by atoms with Crippen molar-refractivity contribution < 1.29 is 19.7 Å². The summed E-state index contributed by atoms with van der Waals surface area (Å²) in [5.74, 6) is 0.849. The number of aliphatic hydroxyl groups excluding tert-OH is 2. The summed E-state index contributed by atoms with van der Waals surface area (Å²) in [7, 11) is 3.92. The summed E-state index contributed by atoms with van der Waals surface area (Å²) < 4.78 is 5.36. The molecule has 0 aromatic heterocycles. The molecule has 3 aliphatic carbocycles. The Morgan fingerprint density at radius 3 is 2.59 bits per heavy atom. The van der Waals surface area contributed by atoms with Gasteiger partial charge in [0.05, 0.1) is 12.2 Å². The molecule has 29 heavy (non-hydrogen) atoms. The van der Waals surface area contributed by atoms with Crippen LogP contribution in [0.3, 0.4) is 0 Å². The number of esters is 1. The molecule has 0 bridgehead atoms. The van der Waals surface area contributed by atoms with Gasteiger partial charge >= 0.3 is 5.97 Å². The fourth-order valence-corrected chi connectivity index (χ4v) is 6.93. The molecule has 0 aromatic rings. The number of allylic oxidation sites excluding steroid dienone is 1. The zero-order valence-corrected chi connectivity index (χ0v) is 19.1. The van der Waals surface area contributed by atoms with E-state index in [2.05, 4.69) is 27.7 Å². The third-order valence-corrected chi connectivity index (χ3v) is 8.73. The van der Waals surface area contributed by atoms with Crippen LogP contribution in [0.5, 0.6) is 0 Å². The molecule has 0 amide bonds. The van der Waals surface area contributed by atoms with Gasteiger partial charge in [0.25, 0.3) is 0 Å². The van der Waals surface area contributed by atoms with Crippen LogP contribution in [-0.2, 0) is 9.53 Å². The first-order valence-corrected chi connectivity index (χ1v) is 11.4. The number of hydrogen-bond acceptors (Lipinski definition) is 5. The molecule has 5 heteroatoms. The molecule has 0 aromatic carbocycles. The zero-order chi connectivity index (χ0) is 21.6. The Morgan fingerprint density at radius 1 is 1.24 bits per heavy atom. The highest BCUT2D eigenvalue weighted by Crippen LogP contribution is 2.64. The van der Waals surface area contributed by atoms with Gasteiger partial charge in [-0.15, -0.1) is 0 Å². The summed E-state index contributed by atoms with van der Waals surface area (Å²) in [6.45, 7) is 10.0. The van der Waals surface area contributed by atoms with Crippen molar-refractivity contribution in [1.82, 2.24) is 4.90 Å². The quantitative estimate of drug-likeness (QED) is 0.553. The molecule has 0 unspecified atom stereocenters. The van der Waals surface area contributed by atoms with Gasteiger partial charge in [-0.2, -0.15) is 0 Å². The number of ether oxygens (including phenoxy) is 1. The lowest BCUT2D eigenvalue weighted by Crippen LogP contribution is -2.61. The lowest BCUT2D eigenvalue weighted by molar-refractivity contribution is -0.190. The first-order valence-electron chi connectivity index (χ1n) is 11.4. The molecule has 3 rings (SSSR count). The van der Waals surface area contributed by atoms with Gasteiger partial charge in [0.1, 0.15) is 6.61 Å². The lowest BCUT2D eigenvalue weighted by Gasteiger charge is -2.64. The minimum Gasteiger partial charge on any atom is -0.461 e. The van der Waals surface area contributed by atoms with Crippen molar-refractivity contribution in [2.75, 3.05) is 27.2 Å². The summed E-state index contributed by atoms with van der Waals surface area (Å²) in [5.41, 5.74) is 1.09. The van der Waals surface area contributed by atoms with Crippen LogP contribution in [0.2, 0.25) is 0 Å². The van der Waals surface area contributed by atoms with E-state index in [1.54, 1.807) is 6.08 Å². The first-order chi connectivity index (χ1) is 13.5. The van der Waals surface area contributed by atoms with Gasteiger partial charge in [-0.25, -0.2) is 4.79 Å². The maximum Gasteiger partial charge on any atom is 0.330 e. The van der Waals surface area contributed by atoms with E-state index in [1.807, 2.05) is 19.0 Å². The third kappa shape index (κ3) is 4.15. The van der Waals surface area contributed by atoms with Crippen molar-refractivity contribution >= 4 is 5.97 Å². The van der Waals surface area contributed by atoms with E-state index >= 15 is 0 Å². The molecule has 7 atom stereocenters. The average molecular weight is 408 g/mol. The van der Waals surface area contributed by atoms with Gasteiger partial charge in [0.2, 0.25) is 0 Å². The van der Waals surface area contributed by atoms with E-state index in [-0.39, 0.29) is 40.8 Å². The van der Waals surface area contributed by atoms with Crippen molar-refractivity contribution in [3.05, 3.63) is 11.6 Å². The molecule has 3 saturated carbocycles. The smallest absolute Gasteiger partial charge is 0.330 e. The first kappa shape index (κ1) is 22.8. The fraction of sp³-hybridized carbons (Fsp3) is 0.875. The van der Waals surface area contributed by atoms with Gasteiger partial charge in [-0.05, 0) is 80.7 Å². The fourth-order valence-electron chi connectivity index (χ4n) is 6.93. The number of nitrogens with zero attached hydrogens (tertiary/aromatic N) is 1. The lowest BCUT2D eigenvalue weighted by atomic mass is 9.42. The molecule has 0 radical (unpaired) electrons. The van der Waals surface area contributed by atoms with Crippen LogP contribution in [0.1, 0.15) is 59.8 Å². The van der Waals surface area contributed by atoms with Crippen LogP contribution >= 0.6 is 0 Å². The third-order valence-electron chi connectivity index (χ3n) is 8.73. The van der Waals surface area contributed by atoms with E-state index in [4.69, 9.17) is 4.74 Å². The van der Waals surface area contributed by atoms with Gasteiger partial charge < -0.3 is 19.8 Å². The molecule has 0 spiro atoms. The van der Waals surface area contributed by atoms with Crippen LogP contribution in [0.4, 0.5) is 0 Å². The second-order valence-corrected chi connectivity index (χ2v) is 10.9. The molecule has 0 saturated heterocycles. The van der Waals surface area contributed by atoms with Crippen molar-refractivity contribution in [3.63, 3.8) is 0 Å². The Labute approximate surface area is 176 Å². The average Bonchev–Trinajstić information content (AvgIpc) is 2.63. The Hall–Kier alpha value is -0.910. The maximum absolute atomic E-state index is 12.3. The molecule has 2 N–H and O–H groups in total. The highest BCUT2D eigenvalue weighted by atomic mass is 16.5. The number of carbonyl (C=O) groups excluding carboxylic acids is 1. The summed E-state index contributed by atoms with van der Waals surface area (Å²) in [4.78, 5) is 14.3. The summed E-state index contributed by atoms with van der Waals surface area (Å²) in [6, 6.07) is 0. The number of carbonyl (C=O) groups is 1. The molecule has 3 fully saturated rings. The summed E-state index contributed by atoms with van der Waals surface area (Å²) in [5, 5.41) is 21.8.